The van der Waals surface area contributed by atoms with E-state index in [1.807, 2.05) is 0 Å². The fourth-order valence-electron chi connectivity index (χ4n) is 3.45. The van der Waals surface area contributed by atoms with Gasteiger partial charge in [-0.15, -0.1) is 27.8 Å². The Morgan fingerprint density at radius 3 is 3.00 bits per heavy atom. The van der Waals surface area contributed by atoms with E-state index in [0.29, 0.717) is 27.3 Å². The minimum Gasteiger partial charge on any atom is -0.477 e. The maximum Gasteiger partial charge on any atom is 0.384 e. The van der Waals surface area contributed by atoms with Crippen molar-refractivity contribution in [3.05, 3.63) is 40.8 Å². The summed E-state index contributed by atoms with van der Waals surface area (Å²) in [7, 11) is 0. The minimum absolute atomic E-state index is 0.0354. The second kappa shape index (κ2) is 11.7. The van der Waals surface area contributed by atoms with E-state index in [1.165, 1.54) is 44.9 Å². The number of thioether (sulfide) groups is 2. The SMILES string of the molecule is NCN(N)[n+]1cccnc1SCC1=C(C(=O)O)N2C(=O)C(NC(=O)/C=N\OCc3csc(N)n3)C2SC1. The van der Waals surface area contributed by atoms with Crippen LogP contribution >= 0.6 is 34.9 Å². The Bertz CT molecular complexity index is 1250. The minimum atomic E-state index is -1.23. The van der Waals surface area contributed by atoms with Crippen molar-refractivity contribution in [3.8, 4) is 0 Å². The standard InChI is InChI=1S/C19H22N10O5S3/c20-9-28(22)27-3-1-2-23-19(27)37-7-10-6-35-16-13(15(31)29(16)14(10)17(32)33)26-12(30)4-24-34-5-11-8-36-18(21)25-11/h1-4,8,13,16H,5-7,9,20,22H2,(H3-,21,25,26,30,32,33)/p+1/b24-4-. The van der Waals surface area contributed by atoms with E-state index < -0.39 is 29.2 Å². The van der Waals surface area contributed by atoms with Crippen molar-refractivity contribution < 1.29 is 29.0 Å². The van der Waals surface area contributed by atoms with Crippen molar-refractivity contribution >= 4 is 64.0 Å². The van der Waals surface area contributed by atoms with E-state index in [0.717, 1.165) is 6.21 Å². The Labute approximate surface area is 222 Å². The molecule has 15 nitrogen and oxygen atoms in total. The average Bonchev–Trinajstić information content (AvgIpc) is 3.32. The van der Waals surface area contributed by atoms with Crippen molar-refractivity contribution in [1.82, 2.24) is 20.2 Å². The zero-order chi connectivity index (χ0) is 26.5. The lowest BCUT2D eigenvalue weighted by Crippen LogP contribution is -2.70. The largest absolute Gasteiger partial charge is 0.477 e. The zero-order valence-electron chi connectivity index (χ0n) is 19.1. The van der Waals surface area contributed by atoms with Crippen LogP contribution in [0.25, 0.3) is 0 Å². The van der Waals surface area contributed by atoms with Crippen LogP contribution in [0.2, 0.25) is 0 Å². The van der Waals surface area contributed by atoms with Crippen LogP contribution < -0.4 is 32.4 Å². The summed E-state index contributed by atoms with van der Waals surface area (Å²) in [5.41, 5.74) is 12.1. The quantitative estimate of drug-likeness (QED) is 0.0295. The maximum atomic E-state index is 12.8. The summed E-state index contributed by atoms with van der Waals surface area (Å²) < 4.78 is 1.54. The summed E-state index contributed by atoms with van der Waals surface area (Å²) in [6.45, 7) is 0.0748. The molecule has 18 heteroatoms. The first-order valence-corrected chi connectivity index (χ1v) is 13.5. The monoisotopic (exact) mass is 567 g/mol. The average molecular weight is 568 g/mol. The molecule has 2 atom stereocenters. The van der Waals surface area contributed by atoms with Gasteiger partial charge in [0.05, 0.1) is 5.69 Å². The highest BCUT2D eigenvalue weighted by Gasteiger charge is 2.54. The van der Waals surface area contributed by atoms with Crippen molar-refractivity contribution in [1.29, 1.82) is 0 Å². The van der Waals surface area contributed by atoms with Gasteiger partial charge in [0.15, 0.2) is 11.7 Å². The number of nitrogens with zero attached hydrogens (tertiary/aromatic N) is 6. The van der Waals surface area contributed by atoms with Crippen LogP contribution in [0.5, 0.6) is 0 Å². The number of carboxylic acids is 1. The molecule has 0 aromatic carbocycles. The smallest absolute Gasteiger partial charge is 0.384 e. The Morgan fingerprint density at radius 2 is 2.30 bits per heavy atom. The van der Waals surface area contributed by atoms with E-state index in [-0.39, 0.29) is 24.7 Å². The predicted octanol–water partition coefficient (Wildman–Crippen LogP) is -1.83. The van der Waals surface area contributed by atoms with Crippen molar-refractivity contribution in [3.63, 3.8) is 0 Å². The second-order valence-corrected chi connectivity index (χ2v) is 10.4. The molecule has 2 amide bonds. The number of rotatable bonds is 11. The molecule has 2 aromatic heterocycles. The number of hydrazine groups is 1. The van der Waals surface area contributed by atoms with Gasteiger partial charge in [-0.3, -0.25) is 14.5 Å². The molecule has 37 heavy (non-hydrogen) atoms. The topological polar surface area (TPSA) is 219 Å². The number of nitrogen functional groups attached to an aromatic ring is 1. The number of aliphatic carboxylic acids is 1. The third-order valence-corrected chi connectivity index (χ3v) is 8.21. The van der Waals surface area contributed by atoms with Gasteiger partial charge < -0.3 is 26.7 Å². The number of amides is 2. The van der Waals surface area contributed by atoms with E-state index >= 15 is 0 Å². The number of carbonyl (C=O) groups excluding carboxylic acids is 2. The number of hydrogen-bond donors (Lipinski definition) is 5. The van der Waals surface area contributed by atoms with Gasteiger partial charge in [0, 0.05) is 23.0 Å². The molecular formula is C19H23N10O5S3+. The van der Waals surface area contributed by atoms with E-state index in [4.69, 9.17) is 22.1 Å². The van der Waals surface area contributed by atoms with Crippen molar-refractivity contribution in [2.75, 3.05) is 29.0 Å². The Balaban J connectivity index is 1.37. The van der Waals surface area contributed by atoms with Gasteiger partial charge in [-0.1, -0.05) is 5.16 Å². The lowest BCUT2D eigenvalue weighted by molar-refractivity contribution is -0.734. The number of fused-ring (bicyclic) bond motifs is 1. The molecule has 196 valence electrons. The summed E-state index contributed by atoms with van der Waals surface area (Å²) in [4.78, 5) is 51.6. The summed E-state index contributed by atoms with van der Waals surface area (Å²) in [6.07, 6.45) is 4.16. The van der Waals surface area contributed by atoms with E-state index in [1.54, 1.807) is 28.5 Å². The molecule has 1 fully saturated rings. The number of thiazole rings is 1. The van der Waals surface area contributed by atoms with E-state index in [2.05, 4.69) is 20.4 Å². The lowest BCUT2D eigenvalue weighted by Gasteiger charge is -2.49. The number of anilines is 1. The third-order valence-electron chi connectivity index (χ3n) is 5.11. The molecule has 2 aromatic rings. The Hall–Kier alpha value is -3.45. The van der Waals surface area contributed by atoms with Crippen LogP contribution in [-0.2, 0) is 25.8 Å². The molecule has 4 rings (SSSR count). The van der Waals surface area contributed by atoms with Crippen LogP contribution in [0.1, 0.15) is 5.69 Å². The van der Waals surface area contributed by atoms with Gasteiger partial charge in [0.1, 0.15) is 42.4 Å². The highest BCUT2D eigenvalue weighted by atomic mass is 32.2. The molecule has 4 heterocycles. The van der Waals surface area contributed by atoms with Crippen LogP contribution in [0, 0.1) is 0 Å². The van der Waals surface area contributed by atoms with Gasteiger partial charge in [-0.05, 0) is 22.3 Å². The molecule has 2 aliphatic rings. The van der Waals surface area contributed by atoms with Gasteiger partial charge in [0.25, 0.3) is 11.8 Å². The molecule has 0 spiro atoms. The molecule has 1 saturated heterocycles. The second-order valence-electron chi connectivity index (χ2n) is 7.50. The maximum absolute atomic E-state index is 12.8. The summed E-state index contributed by atoms with van der Waals surface area (Å²) in [6, 6.07) is 0.795. The molecule has 0 radical (unpaired) electrons. The van der Waals surface area contributed by atoms with Crippen LogP contribution in [0.15, 0.2) is 45.4 Å². The predicted molar refractivity (Wildman–Crippen MR) is 136 cm³/mol. The molecule has 0 bridgehead atoms. The number of nitrogens with one attached hydrogen (secondary N) is 1. The number of oxime groups is 1. The number of aromatic nitrogens is 3. The highest BCUT2D eigenvalue weighted by molar-refractivity contribution is 8.01. The van der Waals surface area contributed by atoms with E-state index in [9.17, 15) is 19.5 Å². The van der Waals surface area contributed by atoms with Crippen molar-refractivity contribution in [2.24, 2.45) is 16.7 Å². The Kier molecular flexibility index (Phi) is 8.44. The van der Waals surface area contributed by atoms with Crippen LogP contribution in [-0.4, -0.2) is 73.6 Å². The fourth-order valence-corrected chi connectivity index (χ4v) is 6.45. The number of carboxylic acid groups (broad SMARTS) is 1. The first-order valence-electron chi connectivity index (χ1n) is 10.6. The van der Waals surface area contributed by atoms with Crippen molar-refractivity contribution in [2.45, 2.75) is 23.2 Å². The molecule has 0 saturated carbocycles. The summed E-state index contributed by atoms with van der Waals surface area (Å²) in [5.74, 6) is 4.06. The number of carbonyl (C=O) groups is 3. The van der Waals surface area contributed by atoms with Gasteiger partial charge in [-0.2, -0.15) is 5.12 Å². The van der Waals surface area contributed by atoms with Gasteiger partial charge in [-0.25, -0.2) is 15.6 Å². The third kappa shape index (κ3) is 5.93. The molecule has 2 unspecified atom stereocenters. The number of nitrogens with two attached hydrogens (primary N) is 3. The molecule has 8 N–H and O–H groups in total. The fraction of sp³-hybridized carbons (Fsp3) is 0.316. The number of hydrogen-bond acceptors (Lipinski definition) is 14. The molecule has 2 aliphatic heterocycles. The van der Waals surface area contributed by atoms with Crippen LogP contribution in [0.4, 0.5) is 5.13 Å². The van der Waals surface area contributed by atoms with Crippen LogP contribution in [0.3, 0.4) is 0 Å². The highest BCUT2D eigenvalue weighted by Crippen LogP contribution is 2.41. The van der Waals surface area contributed by atoms with Gasteiger partial charge in [0.2, 0.25) is 0 Å². The summed E-state index contributed by atoms with van der Waals surface area (Å²) >= 11 is 3.87. The molecule has 0 aliphatic carbocycles. The van der Waals surface area contributed by atoms with Gasteiger partial charge >= 0.3 is 11.1 Å². The Morgan fingerprint density at radius 1 is 1.49 bits per heavy atom. The first kappa shape index (κ1) is 26.6. The zero-order valence-corrected chi connectivity index (χ0v) is 21.5. The molecular weight excluding hydrogens is 544 g/mol. The normalized spacial score (nSPS) is 19.0. The summed E-state index contributed by atoms with van der Waals surface area (Å²) in [5, 5.41) is 19.3. The lowest BCUT2D eigenvalue weighted by atomic mass is 10.0. The number of β-lactam (4-membered cyclic amide) rings is 1. The first-order chi connectivity index (χ1) is 17.8.